The number of benzene rings is 1. The summed E-state index contributed by atoms with van der Waals surface area (Å²) < 4.78 is 0. The largest absolute Gasteiger partial charge is 0.314 e. The van der Waals surface area contributed by atoms with Crippen molar-refractivity contribution >= 4 is 5.69 Å². The molecule has 108 valence electrons. The van der Waals surface area contributed by atoms with E-state index in [4.69, 9.17) is 0 Å². The van der Waals surface area contributed by atoms with Crippen LogP contribution in [0.4, 0.5) is 5.69 Å². The van der Waals surface area contributed by atoms with Crippen molar-refractivity contribution in [3.05, 3.63) is 39.9 Å². The molecule has 0 aromatic heterocycles. The van der Waals surface area contributed by atoms with Gasteiger partial charge in [-0.3, -0.25) is 10.1 Å². The number of aryl methyl sites for hydroxylation is 1. The van der Waals surface area contributed by atoms with E-state index in [1.807, 2.05) is 13.0 Å². The van der Waals surface area contributed by atoms with Gasteiger partial charge in [-0.25, -0.2) is 0 Å². The van der Waals surface area contributed by atoms with E-state index in [0.717, 1.165) is 18.5 Å². The maximum absolute atomic E-state index is 10.3. The number of nitrogens with zero attached hydrogens (tertiary/aromatic N) is 1. The van der Waals surface area contributed by atoms with E-state index >= 15 is 0 Å². The summed E-state index contributed by atoms with van der Waals surface area (Å²) in [5.41, 5.74) is 1.17. The van der Waals surface area contributed by atoms with Gasteiger partial charge in [-0.1, -0.05) is 32.9 Å². The average Bonchev–Trinajstić information content (AvgIpc) is 2.45. The SMILES string of the molecule is CCCNC(C)CC.CCc1cccc([N+](=O)[O-])c1. The molecule has 4 nitrogen and oxygen atoms in total. The highest BCUT2D eigenvalue weighted by molar-refractivity contribution is 5.34. The average molecular weight is 266 g/mol. The van der Waals surface area contributed by atoms with Gasteiger partial charge in [0.25, 0.3) is 5.69 Å². The van der Waals surface area contributed by atoms with Gasteiger partial charge in [-0.15, -0.1) is 0 Å². The van der Waals surface area contributed by atoms with Crippen LogP contribution in [0.25, 0.3) is 0 Å². The fraction of sp³-hybridized carbons (Fsp3) is 0.600. The molecule has 0 saturated carbocycles. The number of nitrogens with one attached hydrogen (secondary N) is 1. The van der Waals surface area contributed by atoms with Gasteiger partial charge < -0.3 is 5.32 Å². The zero-order valence-corrected chi connectivity index (χ0v) is 12.5. The summed E-state index contributed by atoms with van der Waals surface area (Å²) in [6.45, 7) is 9.74. The van der Waals surface area contributed by atoms with Crippen molar-refractivity contribution in [1.29, 1.82) is 0 Å². The summed E-state index contributed by atoms with van der Waals surface area (Å²) in [5.74, 6) is 0. The van der Waals surface area contributed by atoms with Gasteiger partial charge in [-0.05, 0) is 38.3 Å². The highest BCUT2D eigenvalue weighted by Crippen LogP contribution is 2.12. The second kappa shape index (κ2) is 10.5. The van der Waals surface area contributed by atoms with Crippen LogP contribution in [0.3, 0.4) is 0 Å². The molecular weight excluding hydrogens is 240 g/mol. The van der Waals surface area contributed by atoms with Crippen molar-refractivity contribution in [2.45, 2.75) is 53.0 Å². The molecule has 1 atom stereocenters. The lowest BCUT2D eigenvalue weighted by atomic mass is 10.1. The molecule has 0 radical (unpaired) electrons. The van der Waals surface area contributed by atoms with Crippen LogP contribution in [0.5, 0.6) is 0 Å². The molecule has 1 N–H and O–H groups in total. The molecule has 1 unspecified atom stereocenters. The number of non-ortho nitro benzene ring substituents is 1. The van der Waals surface area contributed by atoms with Crippen molar-refractivity contribution in [2.24, 2.45) is 0 Å². The van der Waals surface area contributed by atoms with Crippen LogP contribution >= 0.6 is 0 Å². The van der Waals surface area contributed by atoms with E-state index in [1.54, 1.807) is 12.1 Å². The summed E-state index contributed by atoms with van der Waals surface area (Å²) in [4.78, 5) is 9.90. The minimum Gasteiger partial charge on any atom is -0.314 e. The molecule has 4 heteroatoms. The van der Waals surface area contributed by atoms with E-state index in [0.29, 0.717) is 6.04 Å². The van der Waals surface area contributed by atoms with E-state index in [9.17, 15) is 10.1 Å². The summed E-state index contributed by atoms with van der Waals surface area (Å²) >= 11 is 0. The van der Waals surface area contributed by atoms with Crippen molar-refractivity contribution in [3.8, 4) is 0 Å². The Labute approximate surface area is 116 Å². The van der Waals surface area contributed by atoms with Crippen LogP contribution in [-0.4, -0.2) is 17.5 Å². The molecule has 0 aliphatic heterocycles. The summed E-state index contributed by atoms with van der Waals surface area (Å²) in [7, 11) is 0. The van der Waals surface area contributed by atoms with Gasteiger partial charge in [0.15, 0.2) is 0 Å². The molecule has 19 heavy (non-hydrogen) atoms. The van der Waals surface area contributed by atoms with Crippen LogP contribution in [-0.2, 0) is 6.42 Å². The Bertz CT molecular complexity index is 367. The van der Waals surface area contributed by atoms with Crippen LogP contribution in [0, 0.1) is 10.1 Å². The van der Waals surface area contributed by atoms with Crippen molar-refractivity contribution in [2.75, 3.05) is 6.54 Å². The Hall–Kier alpha value is -1.42. The van der Waals surface area contributed by atoms with Crippen LogP contribution < -0.4 is 5.32 Å². The van der Waals surface area contributed by atoms with Crippen molar-refractivity contribution in [3.63, 3.8) is 0 Å². The smallest absolute Gasteiger partial charge is 0.269 e. The van der Waals surface area contributed by atoms with Crippen molar-refractivity contribution < 1.29 is 4.92 Å². The molecule has 0 fully saturated rings. The lowest BCUT2D eigenvalue weighted by Gasteiger charge is -2.08. The minimum absolute atomic E-state index is 0.171. The molecular formula is C15H26N2O2. The standard InChI is InChI=1S/C8H9NO2.C7H17N/c1-2-7-4-3-5-8(6-7)9(10)11;1-4-6-8-7(3)5-2/h3-6H,2H2,1H3;7-8H,4-6H2,1-3H3. The third kappa shape index (κ3) is 8.32. The Kier molecular flexibility index (Phi) is 9.71. The number of nitro groups is 1. The highest BCUT2D eigenvalue weighted by atomic mass is 16.6. The third-order valence-corrected chi connectivity index (χ3v) is 2.88. The van der Waals surface area contributed by atoms with Gasteiger partial charge in [0.1, 0.15) is 0 Å². The first kappa shape index (κ1) is 17.6. The van der Waals surface area contributed by atoms with E-state index < -0.39 is 0 Å². The first-order chi connectivity index (χ1) is 9.04. The first-order valence-corrected chi connectivity index (χ1v) is 7.01. The van der Waals surface area contributed by atoms with E-state index in [1.165, 1.54) is 18.9 Å². The maximum Gasteiger partial charge on any atom is 0.269 e. The minimum atomic E-state index is -0.376. The molecule has 0 saturated heterocycles. The van der Waals surface area contributed by atoms with Crippen LogP contribution in [0.1, 0.15) is 46.1 Å². The maximum atomic E-state index is 10.3. The monoisotopic (exact) mass is 266 g/mol. The first-order valence-electron chi connectivity index (χ1n) is 7.01. The second-order valence-electron chi connectivity index (χ2n) is 4.54. The van der Waals surface area contributed by atoms with Gasteiger partial charge in [0.2, 0.25) is 0 Å². The Balaban J connectivity index is 0.000000362. The number of hydrogen-bond acceptors (Lipinski definition) is 3. The third-order valence-electron chi connectivity index (χ3n) is 2.88. The van der Waals surface area contributed by atoms with Gasteiger partial charge in [0, 0.05) is 18.2 Å². The normalized spacial score (nSPS) is 11.4. The molecule has 0 bridgehead atoms. The predicted molar refractivity (Wildman–Crippen MR) is 80.5 cm³/mol. The van der Waals surface area contributed by atoms with Gasteiger partial charge >= 0.3 is 0 Å². The molecule has 1 aromatic carbocycles. The Morgan fingerprint density at radius 2 is 2.00 bits per heavy atom. The molecule has 0 aliphatic rings. The van der Waals surface area contributed by atoms with Gasteiger partial charge in [0.05, 0.1) is 4.92 Å². The lowest BCUT2D eigenvalue weighted by Crippen LogP contribution is -2.25. The highest BCUT2D eigenvalue weighted by Gasteiger charge is 2.03. The van der Waals surface area contributed by atoms with Crippen LogP contribution in [0.15, 0.2) is 24.3 Å². The van der Waals surface area contributed by atoms with Crippen molar-refractivity contribution in [1.82, 2.24) is 5.32 Å². The Morgan fingerprint density at radius 3 is 2.47 bits per heavy atom. The fourth-order valence-electron chi connectivity index (χ4n) is 1.43. The van der Waals surface area contributed by atoms with E-state index in [2.05, 4.69) is 26.1 Å². The van der Waals surface area contributed by atoms with Crippen LogP contribution in [0.2, 0.25) is 0 Å². The lowest BCUT2D eigenvalue weighted by molar-refractivity contribution is -0.384. The fourth-order valence-corrected chi connectivity index (χ4v) is 1.43. The molecule has 1 rings (SSSR count). The number of rotatable bonds is 6. The molecule has 0 amide bonds. The topological polar surface area (TPSA) is 55.2 Å². The second-order valence-corrected chi connectivity index (χ2v) is 4.54. The summed E-state index contributed by atoms with van der Waals surface area (Å²) in [5, 5.41) is 13.7. The van der Waals surface area contributed by atoms with E-state index in [-0.39, 0.29) is 10.6 Å². The molecule has 0 aliphatic carbocycles. The zero-order chi connectivity index (χ0) is 14.7. The van der Waals surface area contributed by atoms with Gasteiger partial charge in [-0.2, -0.15) is 0 Å². The predicted octanol–water partition coefficient (Wildman–Crippen LogP) is 3.94. The zero-order valence-electron chi connectivity index (χ0n) is 12.5. The molecule has 0 heterocycles. The molecule has 0 spiro atoms. The quantitative estimate of drug-likeness (QED) is 0.626. The number of hydrogen-bond donors (Lipinski definition) is 1. The molecule has 1 aromatic rings. The number of nitro benzene ring substituents is 1. The summed E-state index contributed by atoms with van der Waals surface area (Å²) in [6, 6.07) is 7.39. The Morgan fingerprint density at radius 1 is 1.32 bits per heavy atom. The summed E-state index contributed by atoms with van der Waals surface area (Å²) in [6.07, 6.45) is 3.31.